The van der Waals surface area contributed by atoms with Gasteiger partial charge in [0, 0.05) is 22.2 Å². The molecular weight excluding hydrogens is 266 g/mol. The molecule has 0 aliphatic carbocycles. The van der Waals surface area contributed by atoms with Gasteiger partial charge in [0.15, 0.2) is 5.78 Å². The maximum Gasteiger partial charge on any atom is 0.181 e. The SMILES string of the molecule is Cc1[nH]c2ccccc2c1C(=O)C(C)(C)Br. The number of alkyl halides is 1. The van der Waals surface area contributed by atoms with Crippen LogP contribution >= 0.6 is 15.9 Å². The van der Waals surface area contributed by atoms with Gasteiger partial charge < -0.3 is 4.98 Å². The summed E-state index contributed by atoms with van der Waals surface area (Å²) < 4.78 is -0.525. The van der Waals surface area contributed by atoms with Crippen molar-refractivity contribution in [3.05, 3.63) is 35.5 Å². The average molecular weight is 280 g/mol. The Morgan fingerprint density at radius 2 is 1.94 bits per heavy atom. The summed E-state index contributed by atoms with van der Waals surface area (Å²) in [4.78, 5) is 15.5. The van der Waals surface area contributed by atoms with E-state index in [0.717, 1.165) is 22.2 Å². The Morgan fingerprint density at radius 3 is 2.56 bits per heavy atom. The first kappa shape index (κ1) is 11.4. The van der Waals surface area contributed by atoms with Gasteiger partial charge in [-0.2, -0.15) is 0 Å². The zero-order valence-corrected chi connectivity index (χ0v) is 11.2. The molecule has 2 nitrogen and oxygen atoms in total. The number of ketones is 1. The summed E-state index contributed by atoms with van der Waals surface area (Å²) in [6.07, 6.45) is 0. The Balaban J connectivity index is 2.69. The first-order valence-corrected chi connectivity index (χ1v) is 6.01. The summed E-state index contributed by atoms with van der Waals surface area (Å²) in [6.45, 7) is 5.68. The Kier molecular flexibility index (Phi) is 2.66. The number of H-pyrrole nitrogens is 1. The number of hydrogen-bond acceptors (Lipinski definition) is 1. The second-order valence-corrected chi connectivity index (χ2v) is 6.45. The maximum absolute atomic E-state index is 12.3. The maximum atomic E-state index is 12.3. The Hall–Kier alpha value is -1.09. The van der Waals surface area contributed by atoms with Crippen LogP contribution in [-0.4, -0.2) is 15.1 Å². The molecule has 84 valence electrons. The molecule has 1 N–H and O–H groups in total. The average Bonchev–Trinajstić information content (AvgIpc) is 2.51. The number of aromatic nitrogens is 1. The fourth-order valence-electron chi connectivity index (χ4n) is 1.87. The Bertz CT molecular complexity index is 549. The van der Waals surface area contributed by atoms with E-state index in [1.54, 1.807) is 0 Å². The Labute approximate surface area is 103 Å². The van der Waals surface area contributed by atoms with Crippen LogP contribution in [0.5, 0.6) is 0 Å². The predicted molar refractivity (Wildman–Crippen MR) is 70.4 cm³/mol. The van der Waals surface area contributed by atoms with Gasteiger partial charge in [-0.1, -0.05) is 34.1 Å². The molecule has 0 saturated carbocycles. The highest BCUT2D eigenvalue weighted by Gasteiger charge is 2.28. The number of benzene rings is 1. The van der Waals surface area contributed by atoms with Crippen LogP contribution in [0.4, 0.5) is 0 Å². The summed E-state index contributed by atoms with van der Waals surface area (Å²) in [5.41, 5.74) is 2.73. The number of nitrogens with one attached hydrogen (secondary N) is 1. The number of carbonyl (C=O) groups is 1. The van der Waals surface area contributed by atoms with E-state index in [-0.39, 0.29) is 5.78 Å². The molecule has 1 aromatic heterocycles. The molecule has 0 spiro atoms. The summed E-state index contributed by atoms with van der Waals surface area (Å²) in [5, 5.41) is 0.998. The molecule has 0 fully saturated rings. The monoisotopic (exact) mass is 279 g/mol. The molecule has 1 aromatic carbocycles. The lowest BCUT2D eigenvalue weighted by Crippen LogP contribution is -2.24. The number of rotatable bonds is 2. The van der Waals surface area contributed by atoms with Crippen LogP contribution in [0.1, 0.15) is 29.9 Å². The normalized spacial score (nSPS) is 12.0. The standard InChI is InChI=1S/C13H14BrNO/c1-8-11(12(16)13(2,3)14)9-6-4-5-7-10(9)15-8/h4-7,15H,1-3H3. The molecule has 0 atom stereocenters. The molecule has 0 bridgehead atoms. The van der Waals surface area contributed by atoms with E-state index in [1.165, 1.54) is 0 Å². The van der Waals surface area contributed by atoms with E-state index in [9.17, 15) is 4.79 Å². The fourth-order valence-corrected chi connectivity index (χ4v) is 2.06. The minimum Gasteiger partial charge on any atom is -0.358 e. The van der Waals surface area contributed by atoms with Crippen molar-refractivity contribution in [2.45, 2.75) is 25.1 Å². The molecule has 1 heterocycles. The molecule has 0 aliphatic heterocycles. The molecule has 2 aromatic rings. The van der Waals surface area contributed by atoms with Crippen LogP contribution in [0, 0.1) is 6.92 Å². The quantitative estimate of drug-likeness (QED) is 0.658. The third kappa shape index (κ3) is 1.80. The van der Waals surface area contributed by atoms with Crippen LogP contribution in [0.25, 0.3) is 10.9 Å². The zero-order valence-electron chi connectivity index (χ0n) is 9.60. The number of aromatic amines is 1. The number of para-hydroxylation sites is 1. The highest BCUT2D eigenvalue weighted by Crippen LogP contribution is 2.29. The van der Waals surface area contributed by atoms with Crippen molar-refractivity contribution in [3.63, 3.8) is 0 Å². The highest BCUT2D eigenvalue weighted by atomic mass is 79.9. The van der Waals surface area contributed by atoms with Gasteiger partial charge >= 0.3 is 0 Å². The largest absolute Gasteiger partial charge is 0.358 e. The van der Waals surface area contributed by atoms with Gasteiger partial charge in [-0.25, -0.2) is 0 Å². The van der Waals surface area contributed by atoms with Crippen molar-refractivity contribution >= 4 is 32.6 Å². The second-order valence-electron chi connectivity index (χ2n) is 4.47. The summed E-state index contributed by atoms with van der Waals surface area (Å²) in [6, 6.07) is 7.88. The van der Waals surface area contributed by atoms with Gasteiger partial charge in [-0.15, -0.1) is 0 Å². The molecule has 2 rings (SSSR count). The molecule has 0 unspecified atom stereocenters. The van der Waals surface area contributed by atoms with E-state index in [2.05, 4.69) is 20.9 Å². The lowest BCUT2D eigenvalue weighted by Gasteiger charge is -2.14. The minimum absolute atomic E-state index is 0.113. The first-order valence-electron chi connectivity index (χ1n) is 5.22. The van der Waals surface area contributed by atoms with E-state index in [4.69, 9.17) is 0 Å². The van der Waals surface area contributed by atoms with Crippen molar-refractivity contribution in [2.24, 2.45) is 0 Å². The lowest BCUT2D eigenvalue weighted by atomic mass is 9.98. The molecule has 0 saturated heterocycles. The van der Waals surface area contributed by atoms with Gasteiger partial charge in [0.05, 0.1) is 4.32 Å². The predicted octanol–water partition coefficient (Wildman–Crippen LogP) is 3.83. The summed E-state index contributed by atoms with van der Waals surface area (Å²) in [5.74, 6) is 0.113. The fraction of sp³-hybridized carbons (Fsp3) is 0.308. The third-order valence-corrected chi connectivity index (χ3v) is 3.02. The lowest BCUT2D eigenvalue weighted by molar-refractivity contribution is 0.0962. The summed E-state index contributed by atoms with van der Waals surface area (Å²) in [7, 11) is 0. The van der Waals surface area contributed by atoms with Crippen molar-refractivity contribution in [1.82, 2.24) is 4.98 Å². The minimum atomic E-state index is -0.525. The van der Waals surface area contributed by atoms with Gasteiger partial charge in [0.25, 0.3) is 0 Å². The second kappa shape index (κ2) is 3.74. The molecular formula is C13H14BrNO. The van der Waals surface area contributed by atoms with E-state index < -0.39 is 4.32 Å². The van der Waals surface area contributed by atoms with Crippen molar-refractivity contribution in [3.8, 4) is 0 Å². The number of halogens is 1. The number of fused-ring (bicyclic) bond motifs is 1. The number of carbonyl (C=O) groups excluding carboxylic acids is 1. The van der Waals surface area contributed by atoms with Gasteiger partial charge in [0.2, 0.25) is 0 Å². The highest BCUT2D eigenvalue weighted by molar-refractivity contribution is 9.10. The topological polar surface area (TPSA) is 32.9 Å². The number of Topliss-reactive ketones (excluding diaryl/α,β-unsaturated/α-hetero) is 1. The van der Waals surface area contributed by atoms with Crippen LogP contribution in [0.2, 0.25) is 0 Å². The molecule has 16 heavy (non-hydrogen) atoms. The smallest absolute Gasteiger partial charge is 0.181 e. The van der Waals surface area contributed by atoms with Crippen LogP contribution < -0.4 is 0 Å². The van der Waals surface area contributed by atoms with E-state index in [0.29, 0.717) is 0 Å². The first-order chi connectivity index (χ1) is 7.41. The van der Waals surface area contributed by atoms with E-state index >= 15 is 0 Å². The molecule has 0 aliphatic rings. The third-order valence-electron chi connectivity index (χ3n) is 2.66. The Morgan fingerprint density at radius 1 is 1.31 bits per heavy atom. The van der Waals surface area contributed by atoms with Crippen LogP contribution in [-0.2, 0) is 0 Å². The van der Waals surface area contributed by atoms with Gasteiger partial charge in [0.1, 0.15) is 0 Å². The zero-order chi connectivity index (χ0) is 11.9. The van der Waals surface area contributed by atoms with Crippen molar-refractivity contribution < 1.29 is 4.79 Å². The number of hydrogen-bond donors (Lipinski definition) is 1. The molecule has 0 radical (unpaired) electrons. The summed E-state index contributed by atoms with van der Waals surface area (Å²) >= 11 is 3.42. The molecule has 3 heteroatoms. The van der Waals surface area contributed by atoms with Crippen molar-refractivity contribution in [1.29, 1.82) is 0 Å². The van der Waals surface area contributed by atoms with Crippen LogP contribution in [0.3, 0.4) is 0 Å². The van der Waals surface area contributed by atoms with E-state index in [1.807, 2.05) is 45.0 Å². The molecule has 0 amide bonds. The van der Waals surface area contributed by atoms with Gasteiger partial charge in [-0.3, -0.25) is 4.79 Å². The van der Waals surface area contributed by atoms with Crippen molar-refractivity contribution in [2.75, 3.05) is 0 Å². The van der Waals surface area contributed by atoms with Crippen LogP contribution in [0.15, 0.2) is 24.3 Å². The number of aryl methyl sites for hydroxylation is 1. The van der Waals surface area contributed by atoms with Gasteiger partial charge in [-0.05, 0) is 26.8 Å².